The summed E-state index contributed by atoms with van der Waals surface area (Å²) in [5, 5.41) is 11.0. The van der Waals surface area contributed by atoms with Crippen LogP contribution in [0.5, 0.6) is 5.75 Å². The molecule has 11 heteroatoms. The van der Waals surface area contributed by atoms with Crippen molar-refractivity contribution < 1.29 is 17.5 Å². The van der Waals surface area contributed by atoms with Crippen molar-refractivity contribution >= 4 is 49.2 Å². The van der Waals surface area contributed by atoms with E-state index < -0.39 is 15.0 Å². The van der Waals surface area contributed by atoms with Gasteiger partial charge < -0.3 is 4.18 Å². The molecule has 5 aromatic rings. The fraction of sp³-hybridized carbons (Fsp3) is 0. The third-order valence-electron chi connectivity index (χ3n) is 4.87. The van der Waals surface area contributed by atoms with Crippen molar-refractivity contribution in [2.24, 2.45) is 0 Å². The maximum absolute atomic E-state index is 13.0. The number of thiazole rings is 1. The summed E-state index contributed by atoms with van der Waals surface area (Å²) >= 11 is 1.18. The maximum atomic E-state index is 13.0. The molecule has 5 rings (SSSR count). The minimum atomic E-state index is -4.35. The molecule has 0 aliphatic heterocycles. The average Bonchev–Trinajstić information content (AvgIpc) is 3.31. The zero-order valence-electron chi connectivity index (χ0n) is 16.6. The van der Waals surface area contributed by atoms with Crippen molar-refractivity contribution in [2.45, 2.75) is 4.90 Å². The van der Waals surface area contributed by atoms with Crippen LogP contribution in [0.25, 0.3) is 22.1 Å². The molecule has 0 fully saturated rings. The lowest BCUT2D eigenvalue weighted by Gasteiger charge is -2.09. The van der Waals surface area contributed by atoms with Crippen LogP contribution in [-0.2, 0) is 10.1 Å². The monoisotopic (exact) mass is 479 g/mol. The number of non-ortho nitro benzene ring substituents is 1. The van der Waals surface area contributed by atoms with Crippen LogP contribution in [0.1, 0.15) is 5.56 Å². The molecule has 0 aliphatic carbocycles. The van der Waals surface area contributed by atoms with E-state index in [9.17, 15) is 23.3 Å². The van der Waals surface area contributed by atoms with E-state index in [1.807, 2.05) is 18.2 Å². The lowest BCUT2D eigenvalue weighted by molar-refractivity contribution is -0.385. The molecule has 0 spiro atoms. The quantitative estimate of drug-likeness (QED) is 0.216. The zero-order valence-corrected chi connectivity index (χ0v) is 18.2. The van der Waals surface area contributed by atoms with E-state index in [0.29, 0.717) is 26.1 Å². The number of nitro groups is 1. The Morgan fingerprint density at radius 2 is 1.79 bits per heavy atom. The van der Waals surface area contributed by atoms with Gasteiger partial charge in [0.25, 0.3) is 11.2 Å². The fourth-order valence-electron chi connectivity index (χ4n) is 3.35. The molecule has 164 valence electrons. The highest BCUT2D eigenvalue weighted by Crippen LogP contribution is 2.25. The summed E-state index contributed by atoms with van der Waals surface area (Å²) in [5.74, 6) is -0.0145. The number of imidazole rings is 1. The molecule has 0 aliphatic rings. The Labute approximate surface area is 190 Å². The molecule has 0 saturated carbocycles. The molecule has 0 amide bonds. The number of aromatic nitrogens is 2. The number of rotatable bonds is 5. The van der Waals surface area contributed by atoms with E-state index in [1.165, 1.54) is 46.1 Å². The summed E-state index contributed by atoms with van der Waals surface area (Å²) in [6, 6.07) is 18.2. The highest BCUT2D eigenvalue weighted by molar-refractivity contribution is 7.87. The molecule has 9 nitrogen and oxygen atoms in total. The van der Waals surface area contributed by atoms with E-state index in [2.05, 4.69) is 4.98 Å². The van der Waals surface area contributed by atoms with E-state index in [-0.39, 0.29) is 21.9 Å². The highest BCUT2D eigenvalue weighted by atomic mass is 32.2. The predicted molar refractivity (Wildman–Crippen MR) is 123 cm³/mol. The second-order valence-electron chi connectivity index (χ2n) is 6.96. The van der Waals surface area contributed by atoms with Gasteiger partial charge in [-0.15, -0.1) is 0 Å². The van der Waals surface area contributed by atoms with Gasteiger partial charge in [0.15, 0.2) is 4.96 Å². The summed E-state index contributed by atoms with van der Waals surface area (Å²) in [7, 11) is -4.35. The highest BCUT2D eigenvalue weighted by Gasteiger charge is 2.21. The predicted octanol–water partition coefficient (Wildman–Crippen LogP) is 3.13. The topological polar surface area (TPSA) is 121 Å². The van der Waals surface area contributed by atoms with Crippen LogP contribution in [0.2, 0.25) is 0 Å². The third kappa shape index (κ3) is 3.73. The number of nitro benzene ring substituents is 1. The number of nitrogens with zero attached hydrogens (tertiary/aromatic N) is 3. The Balaban J connectivity index is 1.58. The van der Waals surface area contributed by atoms with E-state index >= 15 is 0 Å². The van der Waals surface area contributed by atoms with Gasteiger partial charge in [0, 0.05) is 17.7 Å². The van der Waals surface area contributed by atoms with Gasteiger partial charge in [-0.3, -0.25) is 14.9 Å². The summed E-state index contributed by atoms with van der Waals surface area (Å²) in [5.41, 5.74) is 1.10. The summed E-state index contributed by atoms with van der Waals surface area (Å²) in [6.07, 6.45) is 1.54. The van der Waals surface area contributed by atoms with Gasteiger partial charge in [-0.2, -0.15) is 8.42 Å². The normalized spacial score (nSPS) is 12.4. The Morgan fingerprint density at radius 3 is 2.61 bits per heavy atom. The standard InChI is InChI=1S/C22H13N3O6S2/c26-21-20(32-22-23-17-9-2-3-10-18(17)24(21)22)12-14-6-1-4-11-19(14)31-33(29,30)16-8-5-7-15(13-16)25(27)28/h1-13H/b20-12+. The average molecular weight is 479 g/mol. The molecule has 0 radical (unpaired) electrons. The third-order valence-corrected chi connectivity index (χ3v) is 7.07. The fourth-order valence-corrected chi connectivity index (χ4v) is 5.32. The Kier molecular flexibility index (Phi) is 4.91. The first-order valence-corrected chi connectivity index (χ1v) is 11.8. The molecule has 0 saturated heterocycles. The van der Waals surface area contributed by atoms with Crippen molar-refractivity contribution in [3.63, 3.8) is 0 Å². The first-order valence-electron chi connectivity index (χ1n) is 9.53. The van der Waals surface area contributed by atoms with E-state index in [4.69, 9.17) is 4.18 Å². The minimum Gasteiger partial charge on any atom is -0.378 e. The number of hydrogen-bond donors (Lipinski definition) is 0. The number of para-hydroxylation sites is 3. The van der Waals surface area contributed by atoms with Gasteiger partial charge in [0.05, 0.1) is 20.5 Å². The van der Waals surface area contributed by atoms with Gasteiger partial charge in [0.2, 0.25) is 0 Å². The Morgan fingerprint density at radius 1 is 1.03 bits per heavy atom. The molecule has 33 heavy (non-hydrogen) atoms. The van der Waals surface area contributed by atoms with Crippen LogP contribution in [0.3, 0.4) is 0 Å². The summed E-state index contributed by atoms with van der Waals surface area (Å²) in [4.78, 5) is 27.9. The van der Waals surface area contributed by atoms with Crippen LogP contribution in [-0.4, -0.2) is 22.7 Å². The van der Waals surface area contributed by atoms with E-state index in [0.717, 1.165) is 6.07 Å². The van der Waals surface area contributed by atoms with E-state index in [1.54, 1.807) is 24.3 Å². The number of fused-ring (bicyclic) bond motifs is 3. The van der Waals surface area contributed by atoms with Crippen LogP contribution in [0.4, 0.5) is 5.69 Å². The number of hydrogen-bond acceptors (Lipinski definition) is 8. The van der Waals surface area contributed by atoms with Crippen molar-refractivity contribution in [3.05, 3.63) is 103 Å². The summed E-state index contributed by atoms with van der Waals surface area (Å²) < 4.78 is 32.7. The zero-order chi connectivity index (χ0) is 23.2. The smallest absolute Gasteiger partial charge is 0.339 e. The molecule has 0 unspecified atom stereocenters. The Hall–Kier alpha value is -4.09. The lowest BCUT2D eigenvalue weighted by Crippen LogP contribution is -2.22. The molecule has 0 atom stereocenters. The van der Waals surface area contributed by atoms with Gasteiger partial charge >= 0.3 is 10.1 Å². The van der Waals surface area contributed by atoms with Crippen molar-refractivity contribution in [2.75, 3.05) is 0 Å². The molecule has 2 heterocycles. The van der Waals surface area contributed by atoms with Crippen LogP contribution < -0.4 is 14.3 Å². The first-order chi connectivity index (χ1) is 15.8. The molecule has 0 bridgehead atoms. The van der Waals surface area contributed by atoms with Crippen LogP contribution in [0, 0.1) is 10.1 Å². The van der Waals surface area contributed by atoms with Crippen molar-refractivity contribution in [1.29, 1.82) is 0 Å². The van der Waals surface area contributed by atoms with Gasteiger partial charge in [-0.25, -0.2) is 9.38 Å². The van der Waals surface area contributed by atoms with Crippen molar-refractivity contribution in [1.82, 2.24) is 9.38 Å². The molecule has 0 N–H and O–H groups in total. The Bertz CT molecular complexity index is 1770. The molecular formula is C22H13N3O6S2. The largest absolute Gasteiger partial charge is 0.378 e. The molecule has 2 aromatic heterocycles. The molecular weight excluding hydrogens is 466 g/mol. The lowest BCUT2D eigenvalue weighted by atomic mass is 10.2. The second-order valence-corrected chi connectivity index (χ2v) is 9.52. The number of benzene rings is 3. The molecule has 3 aromatic carbocycles. The van der Waals surface area contributed by atoms with Gasteiger partial charge in [-0.1, -0.05) is 47.7 Å². The van der Waals surface area contributed by atoms with Crippen LogP contribution in [0.15, 0.2) is 82.5 Å². The maximum Gasteiger partial charge on any atom is 0.339 e. The van der Waals surface area contributed by atoms with Gasteiger partial charge in [-0.05, 0) is 30.3 Å². The SMILES string of the molecule is O=c1/c(=C\c2ccccc2OS(=O)(=O)c2cccc([N+](=O)[O-])c2)sc2nc3ccccc3n12. The van der Waals surface area contributed by atoms with Crippen LogP contribution >= 0.6 is 11.3 Å². The first kappa shape index (κ1) is 20.8. The minimum absolute atomic E-state index is 0.0145. The van der Waals surface area contributed by atoms with Crippen molar-refractivity contribution in [3.8, 4) is 5.75 Å². The van der Waals surface area contributed by atoms with Gasteiger partial charge in [0.1, 0.15) is 10.6 Å². The second kappa shape index (κ2) is 7.80. The summed E-state index contributed by atoms with van der Waals surface area (Å²) in [6.45, 7) is 0.